The Hall–Kier alpha value is -2.23. The van der Waals surface area contributed by atoms with Gasteiger partial charge in [0.05, 0.1) is 15.8 Å². The van der Waals surface area contributed by atoms with E-state index in [4.69, 9.17) is 5.11 Å². The summed E-state index contributed by atoms with van der Waals surface area (Å²) in [4.78, 5) is 38.3. The molecule has 21 heavy (non-hydrogen) atoms. The van der Waals surface area contributed by atoms with Crippen LogP contribution in [0.2, 0.25) is 0 Å². The van der Waals surface area contributed by atoms with Crippen LogP contribution in [0.1, 0.15) is 6.42 Å². The van der Waals surface area contributed by atoms with Gasteiger partial charge in [-0.3, -0.25) is 19.7 Å². The van der Waals surface area contributed by atoms with Crippen molar-refractivity contribution in [3.63, 3.8) is 0 Å². The minimum atomic E-state index is -1.11. The SMILES string of the molecule is O=C(O)CC1C(=O)NCCN1c1ncc([N+](=O)[O-])cc1Br. The van der Waals surface area contributed by atoms with Crippen LogP contribution >= 0.6 is 15.9 Å². The van der Waals surface area contributed by atoms with Crippen molar-refractivity contribution < 1.29 is 19.6 Å². The molecule has 1 aromatic heterocycles. The molecule has 1 fully saturated rings. The van der Waals surface area contributed by atoms with Crippen LogP contribution in [0, 0.1) is 10.1 Å². The van der Waals surface area contributed by atoms with Crippen LogP contribution in [0.3, 0.4) is 0 Å². The molecule has 9 nitrogen and oxygen atoms in total. The van der Waals surface area contributed by atoms with E-state index in [-0.39, 0.29) is 12.1 Å². The number of rotatable bonds is 4. The Morgan fingerprint density at radius 1 is 1.67 bits per heavy atom. The molecule has 2 heterocycles. The second-order valence-electron chi connectivity index (χ2n) is 4.35. The lowest BCUT2D eigenvalue weighted by molar-refractivity contribution is -0.385. The summed E-state index contributed by atoms with van der Waals surface area (Å²) in [5, 5.41) is 22.2. The van der Waals surface area contributed by atoms with Crippen LogP contribution in [0.4, 0.5) is 11.5 Å². The van der Waals surface area contributed by atoms with Crippen molar-refractivity contribution in [2.75, 3.05) is 18.0 Å². The fraction of sp³-hybridized carbons (Fsp3) is 0.364. The standard InChI is InChI=1S/C11H11BrN4O5/c12-7-3-6(16(20)21)5-14-10(7)15-2-1-13-11(19)8(15)4-9(17)18/h3,5,8H,1-2,4H2,(H,13,19)(H,17,18). The molecule has 0 aromatic carbocycles. The molecule has 0 aliphatic carbocycles. The molecule has 1 aliphatic rings. The van der Waals surface area contributed by atoms with Gasteiger partial charge in [-0.2, -0.15) is 0 Å². The number of carboxylic acids is 1. The minimum Gasteiger partial charge on any atom is -0.481 e. The van der Waals surface area contributed by atoms with Crippen molar-refractivity contribution in [1.29, 1.82) is 0 Å². The fourth-order valence-electron chi connectivity index (χ4n) is 2.07. The van der Waals surface area contributed by atoms with E-state index in [1.54, 1.807) is 0 Å². The van der Waals surface area contributed by atoms with Crippen molar-refractivity contribution in [2.24, 2.45) is 0 Å². The summed E-state index contributed by atoms with van der Waals surface area (Å²) in [6, 6.07) is 0.369. The third-order valence-corrected chi connectivity index (χ3v) is 3.57. The third kappa shape index (κ3) is 3.27. The summed E-state index contributed by atoms with van der Waals surface area (Å²) in [7, 11) is 0. The number of pyridine rings is 1. The first-order valence-corrected chi connectivity index (χ1v) is 6.75. The van der Waals surface area contributed by atoms with E-state index in [2.05, 4.69) is 26.2 Å². The van der Waals surface area contributed by atoms with Gasteiger partial charge in [0.2, 0.25) is 5.91 Å². The van der Waals surface area contributed by atoms with E-state index < -0.39 is 22.8 Å². The average molecular weight is 359 g/mol. The Morgan fingerprint density at radius 3 is 2.95 bits per heavy atom. The molecule has 1 saturated heterocycles. The van der Waals surface area contributed by atoms with Crippen molar-refractivity contribution in [3.8, 4) is 0 Å². The Bertz CT molecular complexity index is 608. The summed E-state index contributed by atoms with van der Waals surface area (Å²) in [5.41, 5.74) is -0.193. The van der Waals surface area contributed by atoms with Gasteiger partial charge in [0.25, 0.3) is 5.69 Å². The summed E-state index contributed by atoms with van der Waals surface area (Å²) in [6.45, 7) is 0.715. The number of carbonyl (C=O) groups is 2. The highest BCUT2D eigenvalue weighted by Crippen LogP contribution is 2.30. The summed E-state index contributed by atoms with van der Waals surface area (Å²) in [5.74, 6) is -1.21. The number of carbonyl (C=O) groups excluding carboxylic acids is 1. The summed E-state index contributed by atoms with van der Waals surface area (Å²) < 4.78 is 0.335. The van der Waals surface area contributed by atoms with Gasteiger partial charge in [0.1, 0.15) is 18.1 Å². The predicted molar refractivity (Wildman–Crippen MR) is 75.0 cm³/mol. The van der Waals surface area contributed by atoms with Gasteiger partial charge in [0, 0.05) is 19.2 Å². The number of anilines is 1. The van der Waals surface area contributed by atoms with Crippen LogP contribution in [0.5, 0.6) is 0 Å². The van der Waals surface area contributed by atoms with Crippen molar-refractivity contribution >= 4 is 39.3 Å². The fourth-order valence-corrected chi connectivity index (χ4v) is 2.63. The van der Waals surface area contributed by atoms with E-state index >= 15 is 0 Å². The highest BCUT2D eigenvalue weighted by molar-refractivity contribution is 9.10. The molecular weight excluding hydrogens is 348 g/mol. The van der Waals surface area contributed by atoms with Crippen LogP contribution in [-0.2, 0) is 9.59 Å². The van der Waals surface area contributed by atoms with Crippen molar-refractivity contribution in [1.82, 2.24) is 10.3 Å². The zero-order valence-corrected chi connectivity index (χ0v) is 12.2. The van der Waals surface area contributed by atoms with E-state index in [0.29, 0.717) is 23.4 Å². The van der Waals surface area contributed by atoms with Gasteiger partial charge in [-0.15, -0.1) is 0 Å². The monoisotopic (exact) mass is 358 g/mol. The number of nitrogens with one attached hydrogen (secondary N) is 1. The number of aromatic nitrogens is 1. The summed E-state index contributed by atoms with van der Waals surface area (Å²) >= 11 is 3.18. The number of halogens is 1. The van der Waals surface area contributed by atoms with Gasteiger partial charge < -0.3 is 15.3 Å². The smallest absolute Gasteiger partial charge is 0.305 e. The Morgan fingerprint density at radius 2 is 2.38 bits per heavy atom. The second kappa shape index (κ2) is 6.04. The molecular formula is C11H11BrN4O5. The number of hydrogen-bond acceptors (Lipinski definition) is 6. The highest BCUT2D eigenvalue weighted by Gasteiger charge is 2.33. The lowest BCUT2D eigenvalue weighted by Gasteiger charge is -2.35. The molecule has 0 bridgehead atoms. The number of nitrogens with zero attached hydrogens (tertiary/aromatic N) is 3. The molecule has 112 valence electrons. The van der Waals surface area contributed by atoms with Crippen LogP contribution in [0.15, 0.2) is 16.7 Å². The molecule has 1 unspecified atom stereocenters. The molecule has 2 N–H and O–H groups in total. The van der Waals surface area contributed by atoms with Gasteiger partial charge >= 0.3 is 5.97 Å². The van der Waals surface area contributed by atoms with E-state index in [1.165, 1.54) is 11.0 Å². The van der Waals surface area contributed by atoms with Gasteiger partial charge in [-0.25, -0.2) is 4.98 Å². The molecule has 0 spiro atoms. The maximum atomic E-state index is 11.8. The molecule has 1 amide bonds. The number of amides is 1. The quantitative estimate of drug-likeness (QED) is 0.593. The van der Waals surface area contributed by atoms with E-state index in [1.807, 2.05) is 0 Å². The maximum absolute atomic E-state index is 11.8. The second-order valence-corrected chi connectivity index (χ2v) is 5.21. The number of piperazine rings is 1. The number of hydrogen-bond donors (Lipinski definition) is 2. The Labute approximate surface area is 127 Å². The van der Waals surface area contributed by atoms with Crippen LogP contribution in [0.25, 0.3) is 0 Å². The molecule has 1 aliphatic heterocycles. The van der Waals surface area contributed by atoms with Gasteiger partial charge in [-0.05, 0) is 15.9 Å². The van der Waals surface area contributed by atoms with Gasteiger partial charge in [0.15, 0.2) is 0 Å². The predicted octanol–water partition coefficient (Wildman–Crippen LogP) is 0.532. The molecule has 0 radical (unpaired) electrons. The average Bonchev–Trinajstić information content (AvgIpc) is 2.41. The lowest BCUT2D eigenvalue weighted by atomic mass is 10.1. The number of aliphatic carboxylic acids is 1. The zero-order chi connectivity index (χ0) is 15.6. The van der Waals surface area contributed by atoms with Crippen molar-refractivity contribution in [2.45, 2.75) is 12.5 Å². The normalized spacial score (nSPS) is 18.2. The third-order valence-electron chi connectivity index (χ3n) is 2.99. The first-order valence-electron chi connectivity index (χ1n) is 5.96. The maximum Gasteiger partial charge on any atom is 0.305 e. The Kier molecular flexibility index (Phi) is 4.36. The van der Waals surface area contributed by atoms with Crippen LogP contribution < -0.4 is 10.2 Å². The summed E-state index contributed by atoms with van der Waals surface area (Å²) in [6.07, 6.45) is 0.696. The van der Waals surface area contributed by atoms with Crippen molar-refractivity contribution in [3.05, 3.63) is 26.9 Å². The van der Waals surface area contributed by atoms with Gasteiger partial charge in [-0.1, -0.05) is 0 Å². The molecule has 0 saturated carbocycles. The molecule has 10 heteroatoms. The van der Waals surface area contributed by atoms with E-state index in [9.17, 15) is 19.7 Å². The molecule has 2 rings (SSSR count). The number of carboxylic acid groups (broad SMARTS) is 1. The molecule has 1 aromatic rings. The topological polar surface area (TPSA) is 126 Å². The minimum absolute atomic E-state index is 0.193. The van der Waals surface area contributed by atoms with E-state index in [0.717, 1.165) is 6.20 Å². The lowest BCUT2D eigenvalue weighted by Crippen LogP contribution is -2.56. The Balaban J connectivity index is 2.35. The van der Waals surface area contributed by atoms with Crippen LogP contribution in [-0.4, -0.2) is 46.0 Å². The molecule has 1 atom stereocenters. The highest BCUT2D eigenvalue weighted by atomic mass is 79.9. The number of nitro groups is 1. The first-order chi connectivity index (χ1) is 9.90. The largest absolute Gasteiger partial charge is 0.481 e. The zero-order valence-electron chi connectivity index (χ0n) is 10.7. The first kappa shape index (κ1) is 15.2.